The highest BCUT2D eigenvalue weighted by Crippen LogP contribution is 2.35. The quantitative estimate of drug-likeness (QED) is 0.148. The maximum absolute atomic E-state index is 5.22. The summed E-state index contributed by atoms with van der Waals surface area (Å²) in [5, 5.41) is 0. The van der Waals surface area contributed by atoms with Crippen molar-refractivity contribution in [3.63, 3.8) is 0 Å². The summed E-state index contributed by atoms with van der Waals surface area (Å²) < 4.78 is 0. The summed E-state index contributed by atoms with van der Waals surface area (Å²) in [7, 11) is 0. The van der Waals surface area contributed by atoms with Crippen LogP contribution in [0.1, 0.15) is 53.2 Å². The molecule has 0 fully saturated rings. The number of aromatic nitrogens is 9. The molecule has 0 spiro atoms. The molecule has 9 heteroatoms. The highest BCUT2D eigenvalue weighted by Gasteiger charge is 2.24. The molecule has 0 N–H and O–H groups in total. The Kier molecular flexibility index (Phi) is 10.5. The van der Waals surface area contributed by atoms with Gasteiger partial charge < -0.3 is 0 Å². The zero-order valence-electron chi connectivity index (χ0n) is 35.6. The van der Waals surface area contributed by atoms with Gasteiger partial charge in [0, 0.05) is 49.8 Å². The molecule has 3 heterocycles. The van der Waals surface area contributed by atoms with Crippen molar-refractivity contribution in [3.8, 4) is 90.8 Å². The van der Waals surface area contributed by atoms with Gasteiger partial charge in [-0.05, 0) is 35.4 Å². The van der Waals surface area contributed by atoms with Crippen molar-refractivity contribution in [2.75, 3.05) is 0 Å². The van der Waals surface area contributed by atoms with Gasteiger partial charge in [0.05, 0.1) is 0 Å². The average molecular weight is 808 g/mol. The molecule has 0 saturated carbocycles. The fourth-order valence-corrected chi connectivity index (χ4v) is 6.94. The lowest BCUT2D eigenvalue weighted by atomic mass is 9.95. The van der Waals surface area contributed by atoms with Crippen LogP contribution in [0.25, 0.3) is 90.8 Å². The molecule has 0 bridgehead atoms. The predicted molar refractivity (Wildman–Crippen MR) is 247 cm³/mol. The normalized spacial score (nSPS) is 11.7. The van der Waals surface area contributed by atoms with Crippen molar-refractivity contribution in [2.45, 2.75) is 52.4 Å². The third-order valence-electron chi connectivity index (χ3n) is 10.3. The number of hydrogen-bond donors (Lipinski definition) is 0. The molecule has 9 aromatic rings. The van der Waals surface area contributed by atoms with Gasteiger partial charge in [0.15, 0.2) is 40.8 Å². The Labute approximate surface area is 362 Å². The Morgan fingerprint density at radius 3 is 0.839 bits per heavy atom. The first-order valence-corrected chi connectivity index (χ1v) is 20.7. The minimum atomic E-state index is -0.331. The van der Waals surface area contributed by atoms with Gasteiger partial charge in [-0.2, -0.15) is 0 Å². The van der Waals surface area contributed by atoms with E-state index in [0.29, 0.717) is 52.4 Å². The number of rotatable bonds is 8. The van der Waals surface area contributed by atoms with Crippen LogP contribution in [0.5, 0.6) is 0 Å². The monoisotopic (exact) mass is 807 g/mol. The Morgan fingerprint density at radius 1 is 0.226 bits per heavy atom. The summed E-state index contributed by atoms with van der Waals surface area (Å²) in [6.45, 7) is 12.7. The molecular weight excluding hydrogens is 763 g/mol. The van der Waals surface area contributed by atoms with Gasteiger partial charge in [0.1, 0.15) is 11.6 Å². The fraction of sp³-hybridized carbons (Fsp3) is 0.151. The van der Waals surface area contributed by atoms with Gasteiger partial charge in [0.2, 0.25) is 0 Å². The topological polar surface area (TPSA) is 116 Å². The smallest absolute Gasteiger partial charge is 0.164 e. The Hall–Kier alpha value is -7.65. The van der Waals surface area contributed by atoms with E-state index in [1.807, 2.05) is 133 Å². The number of hydrogen-bond acceptors (Lipinski definition) is 9. The third-order valence-corrected chi connectivity index (χ3v) is 10.3. The average Bonchev–Trinajstić information content (AvgIpc) is 3.31. The van der Waals surface area contributed by atoms with E-state index in [9.17, 15) is 0 Å². The molecule has 0 radical (unpaired) electrons. The third kappa shape index (κ3) is 8.65. The van der Waals surface area contributed by atoms with Gasteiger partial charge in [-0.1, -0.05) is 181 Å². The maximum Gasteiger partial charge on any atom is 0.164 e. The molecule has 3 aromatic heterocycles. The molecule has 62 heavy (non-hydrogen) atoms. The lowest BCUT2D eigenvalue weighted by molar-refractivity contribution is 0.543. The molecule has 6 aromatic carbocycles. The van der Waals surface area contributed by atoms with Crippen LogP contribution < -0.4 is 0 Å². The zero-order chi connectivity index (χ0) is 42.8. The zero-order valence-corrected chi connectivity index (χ0v) is 35.6. The first-order chi connectivity index (χ1) is 29.9. The van der Waals surface area contributed by atoms with E-state index in [-0.39, 0.29) is 10.8 Å². The van der Waals surface area contributed by atoms with Crippen molar-refractivity contribution in [1.82, 2.24) is 44.9 Å². The lowest BCUT2D eigenvalue weighted by Gasteiger charge is -2.19. The molecule has 0 aliphatic carbocycles. The van der Waals surface area contributed by atoms with Gasteiger partial charge >= 0.3 is 0 Å². The SMILES string of the molecule is CC(C)(C)c1nc(-c2ccccc2)nc(-c2cccc(-c3nc(-c4ccccc4)nc(-c4cc(-c5ccccc5)cc(-c5nc(-c6ccccc6)nc(C(C)(C)C)n5)c4)n3)c2)n1. The van der Waals surface area contributed by atoms with Crippen LogP contribution in [0.4, 0.5) is 0 Å². The van der Waals surface area contributed by atoms with Gasteiger partial charge in [-0.25, -0.2) is 44.9 Å². The molecule has 9 rings (SSSR count). The molecule has 302 valence electrons. The number of nitrogens with zero attached hydrogens (tertiary/aromatic N) is 9. The molecule has 0 unspecified atom stereocenters. The Morgan fingerprint density at radius 2 is 0.468 bits per heavy atom. The summed E-state index contributed by atoms with van der Waals surface area (Å²) in [6, 6.07) is 54.7. The summed E-state index contributed by atoms with van der Waals surface area (Å²) in [6.07, 6.45) is 0. The van der Waals surface area contributed by atoms with Crippen LogP contribution in [0.15, 0.2) is 164 Å². The van der Waals surface area contributed by atoms with E-state index >= 15 is 0 Å². The van der Waals surface area contributed by atoms with Gasteiger partial charge in [-0.15, -0.1) is 0 Å². The van der Waals surface area contributed by atoms with Crippen LogP contribution in [0, 0.1) is 0 Å². The minimum absolute atomic E-state index is 0.307. The molecule has 0 atom stereocenters. The molecule has 0 saturated heterocycles. The highest BCUT2D eigenvalue weighted by atomic mass is 15.1. The summed E-state index contributed by atoms with van der Waals surface area (Å²) in [5.41, 5.74) is 7.30. The molecule has 9 nitrogen and oxygen atoms in total. The van der Waals surface area contributed by atoms with Crippen LogP contribution in [0.2, 0.25) is 0 Å². The summed E-state index contributed by atoms with van der Waals surface area (Å²) >= 11 is 0. The minimum Gasteiger partial charge on any atom is -0.212 e. The predicted octanol–water partition coefficient (Wildman–Crippen LogP) is 12.2. The largest absolute Gasteiger partial charge is 0.212 e. The second-order valence-corrected chi connectivity index (χ2v) is 17.3. The van der Waals surface area contributed by atoms with Crippen molar-refractivity contribution in [2.24, 2.45) is 0 Å². The standard InChI is InChI=1S/C53H45N9/c1-52(2,3)50-59-44(36-24-15-9-16-25-36)56-47(61-50)39-29-19-28-38(30-39)46-54-43(35-22-13-8-14-23-35)55-48(58-46)41-31-40(34-20-11-7-12-21-34)32-42(33-41)49-57-45(37-26-17-10-18-27-37)60-51(62-49)53(4,5)6/h7-33H,1-6H3. The molecular formula is C53H45N9. The lowest BCUT2D eigenvalue weighted by Crippen LogP contribution is -2.18. The summed E-state index contributed by atoms with van der Waals surface area (Å²) in [5.74, 6) is 5.35. The Bertz CT molecular complexity index is 3010. The maximum atomic E-state index is 5.22. The second-order valence-electron chi connectivity index (χ2n) is 17.3. The van der Waals surface area contributed by atoms with E-state index < -0.39 is 0 Å². The van der Waals surface area contributed by atoms with Crippen molar-refractivity contribution < 1.29 is 0 Å². The molecule has 0 aliphatic rings. The van der Waals surface area contributed by atoms with Crippen molar-refractivity contribution >= 4 is 0 Å². The fourth-order valence-electron chi connectivity index (χ4n) is 6.94. The Balaban J connectivity index is 1.23. The van der Waals surface area contributed by atoms with E-state index in [0.717, 1.165) is 50.1 Å². The van der Waals surface area contributed by atoms with Crippen LogP contribution in [0.3, 0.4) is 0 Å². The van der Waals surface area contributed by atoms with E-state index in [2.05, 4.69) is 71.9 Å². The van der Waals surface area contributed by atoms with E-state index in [1.54, 1.807) is 0 Å². The van der Waals surface area contributed by atoms with Crippen molar-refractivity contribution in [1.29, 1.82) is 0 Å². The first-order valence-electron chi connectivity index (χ1n) is 20.7. The molecule has 0 aliphatic heterocycles. The summed E-state index contributed by atoms with van der Waals surface area (Å²) in [4.78, 5) is 45.5. The van der Waals surface area contributed by atoms with Gasteiger partial charge in [0.25, 0.3) is 0 Å². The van der Waals surface area contributed by atoms with E-state index in [4.69, 9.17) is 44.9 Å². The van der Waals surface area contributed by atoms with Gasteiger partial charge in [-0.3, -0.25) is 0 Å². The van der Waals surface area contributed by atoms with E-state index in [1.165, 1.54) is 0 Å². The van der Waals surface area contributed by atoms with Crippen molar-refractivity contribution in [3.05, 3.63) is 175 Å². The number of benzene rings is 6. The second kappa shape index (κ2) is 16.4. The molecule has 0 amide bonds. The van der Waals surface area contributed by atoms with Crippen LogP contribution in [-0.4, -0.2) is 44.9 Å². The van der Waals surface area contributed by atoms with Crippen LogP contribution in [-0.2, 0) is 10.8 Å². The van der Waals surface area contributed by atoms with Crippen LogP contribution >= 0.6 is 0 Å². The highest BCUT2D eigenvalue weighted by molar-refractivity contribution is 5.79. The first kappa shape index (κ1) is 39.8.